The van der Waals surface area contributed by atoms with Gasteiger partial charge in [-0.15, -0.1) is 0 Å². The van der Waals surface area contributed by atoms with Crippen molar-refractivity contribution in [1.29, 1.82) is 0 Å². The summed E-state index contributed by atoms with van der Waals surface area (Å²) in [4.78, 5) is 4.98. The van der Waals surface area contributed by atoms with Crippen LogP contribution < -0.4 is 18.7 Å². The first-order valence-electron chi connectivity index (χ1n) is 9.10. The number of rotatable bonds is 5. The summed E-state index contributed by atoms with van der Waals surface area (Å²) in [5.41, 5.74) is 2.84. The van der Waals surface area contributed by atoms with E-state index >= 15 is 0 Å². The molecule has 2 aromatic carbocycles. The Morgan fingerprint density at radius 3 is 1.38 bits per heavy atom. The van der Waals surface area contributed by atoms with Crippen LogP contribution in [-0.2, 0) is 9.47 Å². The Hall–Kier alpha value is -1.00. The average molecular weight is 482 g/mol. The Labute approximate surface area is 166 Å². The molecule has 0 radical (unpaired) electrons. The van der Waals surface area contributed by atoms with Crippen molar-refractivity contribution < 1.29 is 9.47 Å². The molecule has 0 spiro atoms. The van der Waals surface area contributed by atoms with Crippen LogP contribution in [0.25, 0.3) is 0 Å². The first-order chi connectivity index (χ1) is 12.9. The molecule has 6 heteroatoms. The van der Waals surface area contributed by atoms with E-state index in [-0.39, 0.29) is 0 Å². The van der Waals surface area contributed by atoms with Crippen molar-refractivity contribution in [1.82, 2.24) is 0 Å². The molecule has 26 heavy (non-hydrogen) atoms. The molecule has 2 aliphatic heterocycles. The second-order valence-electron chi connectivity index (χ2n) is 6.30. The fraction of sp³-hybridized carbons (Fsp3) is 0.400. The van der Waals surface area contributed by atoms with Gasteiger partial charge in [0.05, 0.1) is 0 Å². The van der Waals surface area contributed by atoms with Crippen molar-refractivity contribution in [2.75, 3.05) is 62.4 Å². The van der Waals surface area contributed by atoms with E-state index in [1.54, 1.807) is 0 Å². The summed E-state index contributed by atoms with van der Waals surface area (Å²) in [5.74, 6) is 0. The summed E-state index contributed by atoms with van der Waals surface area (Å²) >= 11 is 0.953. The fourth-order valence-electron chi connectivity index (χ4n) is 3.28. The molecular formula is C20H24N2O2Se2. The first kappa shape index (κ1) is 18.4. The number of hydrogen-bond acceptors (Lipinski definition) is 4. The van der Waals surface area contributed by atoms with Crippen molar-refractivity contribution in [3.63, 3.8) is 0 Å². The van der Waals surface area contributed by atoms with Crippen molar-refractivity contribution >= 4 is 46.6 Å². The van der Waals surface area contributed by atoms with Gasteiger partial charge in [-0.3, -0.25) is 0 Å². The molecule has 0 aliphatic carbocycles. The Morgan fingerprint density at radius 1 is 0.577 bits per heavy atom. The fourth-order valence-corrected chi connectivity index (χ4v) is 10.4. The molecule has 0 bridgehead atoms. The molecular weight excluding hydrogens is 458 g/mol. The maximum atomic E-state index is 5.52. The standard InChI is InChI=1S/C20H24N2O2Se2/c1-3-7-19(17(5-1)21-9-13-23-14-10-21)25-26-20-8-4-2-6-18(20)22-11-15-24-16-12-22/h1-8H,9-16H2. The first-order valence-corrected chi connectivity index (χ1v) is 15.1. The zero-order valence-corrected chi connectivity index (χ0v) is 18.2. The van der Waals surface area contributed by atoms with Crippen LogP contribution in [0.1, 0.15) is 0 Å². The molecule has 2 heterocycles. The van der Waals surface area contributed by atoms with Gasteiger partial charge < -0.3 is 0 Å². The van der Waals surface area contributed by atoms with E-state index in [2.05, 4.69) is 58.3 Å². The zero-order valence-electron chi connectivity index (χ0n) is 14.8. The van der Waals surface area contributed by atoms with E-state index < -0.39 is 0 Å². The van der Waals surface area contributed by atoms with Gasteiger partial charge in [-0.2, -0.15) is 0 Å². The summed E-state index contributed by atoms with van der Waals surface area (Å²) in [5, 5.41) is 0. The summed E-state index contributed by atoms with van der Waals surface area (Å²) in [7, 11) is 0. The van der Waals surface area contributed by atoms with Crippen molar-refractivity contribution in [2.24, 2.45) is 0 Å². The molecule has 0 saturated carbocycles. The summed E-state index contributed by atoms with van der Waals surface area (Å²) < 4.78 is 14.1. The molecule has 2 aliphatic rings. The van der Waals surface area contributed by atoms with Gasteiger partial charge in [0.25, 0.3) is 0 Å². The number of anilines is 2. The third-order valence-corrected chi connectivity index (χ3v) is 11.9. The van der Waals surface area contributed by atoms with Gasteiger partial charge in [-0.05, 0) is 0 Å². The van der Waals surface area contributed by atoms with Crippen molar-refractivity contribution in [3.8, 4) is 0 Å². The van der Waals surface area contributed by atoms with Gasteiger partial charge in [0.1, 0.15) is 0 Å². The van der Waals surface area contributed by atoms with Crippen LogP contribution in [0.3, 0.4) is 0 Å². The Balaban J connectivity index is 1.49. The molecule has 0 N–H and O–H groups in total. The third-order valence-electron chi connectivity index (χ3n) is 4.66. The van der Waals surface area contributed by atoms with Crippen LogP contribution in [0.4, 0.5) is 11.4 Å². The van der Waals surface area contributed by atoms with Gasteiger partial charge >= 0.3 is 167 Å². The van der Waals surface area contributed by atoms with Gasteiger partial charge in [0, 0.05) is 0 Å². The minimum atomic E-state index is 0.476. The van der Waals surface area contributed by atoms with Crippen LogP contribution in [0.5, 0.6) is 0 Å². The van der Waals surface area contributed by atoms with Crippen LogP contribution in [0.2, 0.25) is 0 Å². The SMILES string of the molecule is c1ccc(N2CCOCC2)c([Se][Se]c2ccccc2N2CCOCC2)c1. The molecule has 4 rings (SSSR count). The Bertz CT molecular complexity index is 655. The van der Waals surface area contributed by atoms with Gasteiger partial charge in [-0.25, -0.2) is 0 Å². The quantitative estimate of drug-likeness (QED) is 0.585. The molecule has 0 amide bonds. The van der Waals surface area contributed by atoms with Crippen LogP contribution in [0, 0.1) is 0 Å². The number of para-hydroxylation sites is 2. The van der Waals surface area contributed by atoms with E-state index in [0.717, 1.165) is 52.6 Å². The number of morpholine rings is 2. The summed E-state index contributed by atoms with van der Waals surface area (Å²) in [6.07, 6.45) is 0. The molecule has 0 aromatic heterocycles. The van der Waals surface area contributed by atoms with E-state index in [9.17, 15) is 0 Å². The molecule has 2 saturated heterocycles. The summed E-state index contributed by atoms with van der Waals surface area (Å²) in [6, 6.07) is 17.9. The molecule has 0 atom stereocenters. The maximum absolute atomic E-state index is 5.52. The Morgan fingerprint density at radius 2 is 0.962 bits per heavy atom. The zero-order chi connectivity index (χ0) is 17.6. The summed E-state index contributed by atoms with van der Waals surface area (Å²) in [6.45, 7) is 7.38. The van der Waals surface area contributed by atoms with Crippen LogP contribution in [-0.4, -0.2) is 78.9 Å². The normalized spacial score (nSPS) is 18.2. The monoisotopic (exact) mass is 484 g/mol. The second kappa shape index (κ2) is 9.27. The minimum absolute atomic E-state index is 0.476. The predicted molar refractivity (Wildman–Crippen MR) is 110 cm³/mol. The van der Waals surface area contributed by atoms with Crippen molar-refractivity contribution in [3.05, 3.63) is 48.5 Å². The second-order valence-corrected chi connectivity index (χ2v) is 12.5. The Kier molecular flexibility index (Phi) is 6.55. The number of benzene rings is 2. The van der Waals surface area contributed by atoms with Crippen LogP contribution in [0.15, 0.2) is 48.5 Å². The topological polar surface area (TPSA) is 24.9 Å². The van der Waals surface area contributed by atoms with E-state index in [4.69, 9.17) is 9.47 Å². The number of nitrogens with zero attached hydrogens (tertiary/aromatic N) is 2. The number of hydrogen-bond donors (Lipinski definition) is 0. The molecule has 138 valence electrons. The van der Waals surface area contributed by atoms with Gasteiger partial charge in [0.15, 0.2) is 0 Å². The average Bonchev–Trinajstić information content (AvgIpc) is 2.74. The van der Waals surface area contributed by atoms with E-state index in [1.807, 2.05) is 0 Å². The van der Waals surface area contributed by atoms with Crippen LogP contribution >= 0.6 is 0 Å². The molecule has 0 unspecified atom stereocenters. The third kappa shape index (κ3) is 4.45. The van der Waals surface area contributed by atoms with Gasteiger partial charge in [0.2, 0.25) is 0 Å². The molecule has 4 nitrogen and oxygen atoms in total. The number of ether oxygens (including phenoxy) is 2. The van der Waals surface area contributed by atoms with E-state index in [1.165, 1.54) is 20.3 Å². The molecule has 2 fully saturated rings. The van der Waals surface area contributed by atoms with Crippen molar-refractivity contribution in [2.45, 2.75) is 0 Å². The molecule has 2 aromatic rings. The van der Waals surface area contributed by atoms with Gasteiger partial charge in [-0.1, -0.05) is 0 Å². The van der Waals surface area contributed by atoms with E-state index in [0.29, 0.717) is 26.3 Å². The predicted octanol–water partition coefficient (Wildman–Crippen LogP) is 0.634.